The van der Waals surface area contributed by atoms with Crippen LogP contribution in [-0.2, 0) is 4.79 Å². The number of fused-ring (bicyclic) bond motifs is 1. The van der Waals surface area contributed by atoms with Crippen LogP contribution in [0.2, 0.25) is 0 Å². The molecule has 3 aromatic rings. The first-order chi connectivity index (χ1) is 10.2. The highest BCUT2D eigenvalue weighted by molar-refractivity contribution is 8.00. The normalized spacial score (nSPS) is 10.7. The van der Waals surface area contributed by atoms with Gasteiger partial charge in [0.2, 0.25) is 5.91 Å². The van der Waals surface area contributed by atoms with Crippen LogP contribution in [0.25, 0.3) is 11.0 Å². The fourth-order valence-corrected chi connectivity index (χ4v) is 2.59. The Hall–Kier alpha value is -2.34. The lowest BCUT2D eigenvalue weighted by molar-refractivity contribution is -0.114. The number of nitrogens with zero attached hydrogens (tertiary/aromatic N) is 2. The third-order valence-corrected chi connectivity index (χ3v) is 3.89. The van der Waals surface area contributed by atoms with Crippen LogP contribution >= 0.6 is 11.8 Å². The molecular weight excluding hydrogens is 289 g/mol. The van der Waals surface area contributed by atoms with Crippen LogP contribution in [0.5, 0.6) is 0 Å². The number of hydrogen-bond donors (Lipinski definition) is 1. The summed E-state index contributed by atoms with van der Waals surface area (Å²) in [7, 11) is 0. The van der Waals surface area contributed by atoms with Crippen molar-refractivity contribution < 1.29 is 9.18 Å². The summed E-state index contributed by atoms with van der Waals surface area (Å²) in [4.78, 5) is 17.0. The molecule has 3 rings (SSSR count). The van der Waals surface area contributed by atoms with Crippen molar-refractivity contribution in [3.05, 3.63) is 60.7 Å². The van der Waals surface area contributed by atoms with Crippen LogP contribution in [0.1, 0.15) is 0 Å². The maximum atomic E-state index is 12.8. The van der Waals surface area contributed by atoms with E-state index in [9.17, 15) is 9.18 Å². The molecule has 0 aliphatic carbocycles. The van der Waals surface area contributed by atoms with Crippen molar-refractivity contribution in [2.45, 2.75) is 4.90 Å². The number of amides is 1. The molecule has 6 heteroatoms. The minimum Gasteiger partial charge on any atom is -0.272 e. The Kier molecular flexibility index (Phi) is 3.87. The number of carbonyl (C=O) groups excluding carboxylic acids is 1. The van der Waals surface area contributed by atoms with Gasteiger partial charge in [0, 0.05) is 4.90 Å². The van der Waals surface area contributed by atoms with E-state index in [1.165, 1.54) is 23.9 Å². The molecule has 0 bridgehead atoms. The SMILES string of the molecule is O=C(CSc1ccc(F)cc1)Nn1cnc2ccccc21. The highest BCUT2D eigenvalue weighted by atomic mass is 32.2. The Morgan fingerprint density at radius 3 is 2.76 bits per heavy atom. The fourth-order valence-electron chi connectivity index (χ4n) is 1.89. The highest BCUT2D eigenvalue weighted by Crippen LogP contribution is 2.18. The van der Waals surface area contributed by atoms with Gasteiger partial charge >= 0.3 is 0 Å². The molecule has 1 N–H and O–H groups in total. The van der Waals surface area contributed by atoms with Gasteiger partial charge in [-0.3, -0.25) is 10.2 Å². The second-order valence-corrected chi connectivity index (χ2v) is 5.43. The Labute approximate surface area is 125 Å². The molecule has 0 aliphatic rings. The van der Waals surface area contributed by atoms with Gasteiger partial charge in [-0.15, -0.1) is 11.8 Å². The molecule has 2 aromatic carbocycles. The summed E-state index contributed by atoms with van der Waals surface area (Å²) in [5, 5.41) is 0. The molecule has 0 aliphatic heterocycles. The first kappa shape index (κ1) is 13.6. The number of para-hydroxylation sites is 2. The Bertz CT molecular complexity index is 770. The zero-order valence-electron chi connectivity index (χ0n) is 11.0. The molecule has 1 amide bonds. The topological polar surface area (TPSA) is 46.9 Å². The standard InChI is InChI=1S/C15H12FN3OS/c16-11-5-7-12(8-6-11)21-9-15(20)18-19-10-17-13-3-1-2-4-14(13)19/h1-8,10H,9H2,(H,18,20). The summed E-state index contributed by atoms with van der Waals surface area (Å²) < 4.78 is 14.4. The van der Waals surface area contributed by atoms with Gasteiger partial charge in [0.1, 0.15) is 12.1 Å². The number of carbonyl (C=O) groups is 1. The highest BCUT2D eigenvalue weighted by Gasteiger charge is 2.06. The van der Waals surface area contributed by atoms with E-state index in [1.54, 1.807) is 23.1 Å². The summed E-state index contributed by atoms with van der Waals surface area (Å²) in [6.45, 7) is 0. The molecule has 0 saturated carbocycles. The van der Waals surface area contributed by atoms with E-state index >= 15 is 0 Å². The van der Waals surface area contributed by atoms with Gasteiger partial charge in [0.25, 0.3) is 0 Å². The third kappa shape index (κ3) is 3.22. The molecule has 0 saturated heterocycles. The predicted molar refractivity (Wildman–Crippen MR) is 81.2 cm³/mol. The lowest BCUT2D eigenvalue weighted by Crippen LogP contribution is -2.23. The number of nitrogens with one attached hydrogen (secondary N) is 1. The van der Waals surface area contributed by atoms with Gasteiger partial charge in [-0.25, -0.2) is 14.1 Å². The number of thioether (sulfide) groups is 1. The van der Waals surface area contributed by atoms with Gasteiger partial charge in [-0.2, -0.15) is 0 Å². The van der Waals surface area contributed by atoms with Crippen molar-refractivity contribution in [2.24, 2.45) is 0 Å². The number of hydrogen-bond acceptors (Lipinski definition) is 3. The first-order valence-electron chi connectivity index (χ1n) is 6.33. The maximum absolute atomic E-state index is 12.8. The van der Waals surface area contributed by atoms with Crippen molar-refractivity contribution in [1.29, 1.82) is 0 Å². The van der Waals surface area contributed by atoms with Gasteiger partial charge in [0.15, 0.2) is 0 Å². The molecule has 0 atom stereocenters. The number of aromatic nitrogens is 2. The zero-order chi connectivity index (χ0) is 14.7. The Morgan fingerprint density at radius 2 is 1.95 bits per heavy atom. The first-order valence-corrected chi connectivity index (χ1v) is 7.31. The van der Waals surface area contributed by atoms with E-state index in [0.717, 1.165) is 15.9 Å². The maximum Gasteiger partial charge on any atom is 0.249 e. The van der Waals surface area contributed by atoms with Crippen LogP contribution in [0.4, 0.5) is 4.39 Å². The van der Waals surface area contributed by atoms with E-state index < -0.39 is 0 Å². The average Bonchev–Trinajstić information content (AvgIpc) is 2.90. The summed E-state index contributed by atoms with van der Waals surface area (Å²) in [6, 6.07) is 13.6. The smallest absolute Gasteiger partial charge is 0.249 e. The van der Waals surface area contributed by atoms with Gasteiger partial charge in [0.05, 0.1) is 16.8 Å². The molecule has 1 heterocycles. The number of benzene rings is 2. The minimum atomic E-state index is -0.284. The second kappa shape index (κ2) is 5.97. The van der Waals surface area contributed by atoms with Crippen LogP contribution in [-0.4, -0.2) is 21.3 Å². The minimum absolute atomic E-state index is 0.146. The summed E-state index contributed by atoms with van der Waals surface area (Å²) >= 11 is 1.35. The molecule has 106 valence electrons. The number of imidazole rings is 1. The van der Waals surface area contributed by atoms with Crippen LogP contribution in [0.15, 0.2) is 59.8 Å². The molecule has 21 heavy (non-hydrogen) atoms. The third-order valence-electron chi connectivity index (χ3n) is 2.88. The fraction of sp³-hybridized carbons (Fsp3) is 0.0667. The van der Waals surface area contributed by atoms with Crippen LogP contribution in [0.3, 0.4) is 0 Å². The molecular formula is C15H12FN3OS. The lowest BCUT2D eigenvalue weighted by atomic mass is 10.3. The molecule has 4 nitrogen and oxygen atoms in total. The van der Waals surface area contributed by atoms with Crippen molar-refractivity contribution in [3.8, 4) is 0 Å². The number of rotatable bonds is 4. The van der Waals surface area contributed by atoms with E-state index in [2.05, 4.69) is 10.4 Å². The summed E-state index contributed by atoms with van der Waals surface area (Å²) in [5.74, 6) is -0.181. The average molecular weight is 301 g/mol. The lowest BCUT2D eigenvalue weighted by Gasteiger charge is -2.06. The van der Waals surface area contributed by atoms with Gasteiger partial charge < -0.3 is 0 Å². The molecule has 0 unspecified atom stereocenters. The number of halogens is 1. The van der Waals surface area contributed by atoms with E-state index in [1.807, 2.05) is 24.3 Å². The Morgan fingerprint density at radius 1 is 1.19 bits per heavy atom. The van der Waals surface area contributed by atoms with Gasteiger partial charge in [-0.05, 0) is 36.4 Å². The predicted octanol–water partition coefficient (Wildman–Crippen LogP) is 3.04. The van der Waals surface area contributed by atoms with Crippen LogP contribution < -0.4 is 5.43 Å². The Balaban J connectivity index is 1.62. The molecule has 0 fully saturated rings. The van der Waals surface area contributed by atoms with Crippen molar-refractivity contribution in [1.82, 2.24) is 9.66 Å². The molecule has 0 spiro atoms. The second-order valence-electron chi connectivity index (χ2n) is 4.38. The van der Waals surface area contributed by atoms with E-state index in [4.69, 9.17) is 0 Å². The van der Waals surface area contributed by atoms with E-state index in [0.29, 0.717) is 0 Å². The summed E-state index contributed by atoms with van der Waals surface area (Å²) in [5.41, 5.74) is 4.44. The van der Waals surface area contributed by atoms with Crippen molar-refractivity contribution in [2.75, 3.05) is 11.2 Å². The van der Waals surface area contributed by atoms with Crippen molar-refractivity contribution in [3.63, 3.8) is 0 Å². The molecule has 1 aromatic heterocycles. The van der Waals surface area contributed by atoms with Crippen molar-refractivity contribution >= 4 is 28.7 Å². The van der Waals surface area contributed by atoms with E-state index in [-0.39, 0.29) is 17.5 Å². The van der Waals surface area contributed by atoms with Crippen LogP contribution in [0, 0.1) is 5.82 Å². The largest absolute Gasteiger partial charge is 0.272 e. The van der Waals surface area contributed by atoms with Gasteiger partial charge in [-0.1, -0.05) is 12.1 Å². The monoisotopic (exact) mass is 301 g/mol. The summed E-state index contributed by atoms with van der Waals surface area (Å²) in [6.07, 6.45) is 1.57. The zero-order valence-corrected chi connectivity index (χ0v) is 11.8. The quantitative estimate of drug-likeness (QED) is 0.753. The molecule has 0 radical (unpaired) electrons.